The van der Waals surface area contributed by atoms with Crippen molar-refractivity contribution in [2.45, 2.75) is 19.1 Å². The molecule has 0 aliphatic carbocycles. The van der Waals surface area contributed by atoms with Crippen LogP contribution in [-0.2, 0) is 16.1 Å². The molecule has 4 nitrogen and oxygen atoms in total. The quantitative estimate of drug-likeness (QED) is 0.839. The summed E-state index contributed by atoms with van der Waals surface area (Å²) in [5.41, 5.74) is 1.06. The minimum absolute atomic E-state index is 0.0440. The first-order valence-corrected chi connectivity index (χ1v) is 5.83. The van der Waals surface area contributed by atoms with Gasteiger partial charge in [-0.05, 0) is 12.0 Å². The zero-order valence-electron chi connectivity index (χ0n) is 9.71. The van der Waals surface area contributed by atoms with E-state index < -0.39 is 0 Å². The van der Waals surface area contributed by atoms with Crippen LogP contribution in [0.3, 0.4) is 0 Å². The predicted octanol–water partition coefficient (Wildman–Crippen LogP) is 0.796. The molecule has 0 bridgehead atoms. The van der Waals surface area contributed by atoms with Crippen LogP contribution in [0.25, 0.3) is 0 Å². The molecule has 17 heavy (non-hydrogen) atoms. The fraction of sp³-hybridized carbons (Fsp3) is 0.462. The fourth-order valence-electron chi connectivity index (χ4n) is 1.89. The van der Waals surface area contributed by atoms with E-state index in [1.54, 1.807) is 4.90 Å². The minimum Gasteiger partial charge on any atom is -0.391 e. The van der Waals surface area contributed by atoms with Crippen LogP contribution in [-0.4, -0.2) is 41.7 Å². The van der Waals surface area contributed by atoms with Crippen molar-refractivity contribution in [2.75, 3.05) is 19.7 Å². The average molecular weight is 235 g/mol. The van der Waals surface area contributed by atoms with Crippen LogP contribution in [0.5, 0.6) is 0 Å². The third kappa shape index (κ3) is 3.54. The molecular formula is C13H17NO3. The normalized spacial score (nSPS) is 19.6. The Balaban J connectivity index is 1.70. The van der Waals surface area contributed by atoms with Crippen molar-refractivity contribution in [1.29, 1.82) is 0 Å². The van der Waals surface area contributed by atoms with Gasteiger partial charge in [-0.25, -0.2) is 0 Å². The lowest BCUT2D eigenvalue weighted by Gasteiger charge is -2.15. The Morgan fingerprint density at radius 1 is 1.41 bits per heavy atom. The number of benzene rings is 1. The zero-order chi connectivity index (χ0) is 12.1. The van der Waals surface area contributed by atoms with Gasteiger partial charge in [-0.2, -0.15) is 0 Å². The summed E-state index contributed by atoms with van der Waals surface area (Å²) in [6.07, 6.45) is 0.304. The molecule has 0 radical (unpaired) electrons. The van der Waals surface area contributed by atoms with Gasteiger partial charge in [0.1, 0.15) is 6.61 Å². The number of aliphatic hydroxyl groups is 1. The number of ether oxygens (including phenoxy) is 1. The Morgan fingerprint density at radius 3 is 2.82 bits per heavy atom. The number of likely N-dealkylation sites (tertiary alicyclic amines) is 1. The standard InChI is InChI=1S/C13H17NO3/c15-12-6-7-14(8-12)13(16)10-17-9-11-4-2-1-3-5-11/h1-5,12,15H,6-10H2/t12-/m1/s1. The van der Waals surface area contributed by atoms with Crippen molar-refractivity contribution in [3.05, 3.63) is 35.9 Å². The molecule has 4 heteroatoms. The molecule has 0 aromatic heterocycles. The first-order valence-electron chi connectivity index (χ1n) is 5.83. The van der Waals surface area contributed by atoms with Crippen LogP contribution in [0.15, 0.2) is 30.3 Å². The summed E-state index contributed by atoms with van der Waals surface area (Å²) in [6.45, 7) is 1.60. The number of carbonyl (C=O) groups is 1. The van der Waals surface area contributed by atoms with E-state index in [0.29, 0.717) is 26.1 Å². The molecule has 1 aliphatic heterocycles. The number of amides is 1. The highest BCUT2D eigenvalue weighted by Gasteiger charge is 2.24. The van der Waals surface area contributed by atoms with E-state index in [1.165, 1.54) is 0 Å². The van der Waals surface area contributed by atoms with Crippen molar-refractivity contribution in [2.24, 2.45) is 0 Å². The van der Waals surface area contributed by atoms with E-state index in [9.17, 15) is 9.90 Å². The molecule has 0 spiro atoms. The SMILES string of the molecule is O=C(COCc1ccccc1)N1CC[C@@H](O)C1. The monoisotopic (exact) mass is 235 g/mol. The lowest BCUT2D eigenvalue weighted by molar-refractivity contribution is -0.135. The van der Waals surface area contributed by atoms with Crippen molar-refractivity contribution in [3.63, 3.8) is 0 Å². The molecule has 1 fully saturated rings. The van der Waals surface area contributed by atoms with E-state index in [1.807, 2.05) is 30.3 Å². The van der Waals surface area contributed by atoms with Crippen LogP contribution >= 0.6 is 0 Å². The predicted molar refractivity (Wildman–Crippen MR) is 63.3 cm³/mol. The van der Waals surface area contributed by atoms with E-state index in [2.05, 4.69) is 0 Å². The van der Waals surface area contributed by atoms with Gasteiger partial charge >= 0.3 is 0 Å². The Bertz CT molecular complexity index is 366. The zero-order valence-corrected chi connectivity index (χ0v) is 9.71. The third-order valence-corrected chi connectivity index (χ3v) is 2.85. The number of aliphatic hydroxyl groups excluding tert-OH is 1. The summed E-state index contributed by atoms with van der Waals surface area (Å²) >= 11 is 0. The maximum absolute atomic E-state index is 11.7. The highest BCUT2D eigenvalue weighted by atomic mass is 16.5. The van der Waals surface area contributed by atoms with Crippen LogP contribution in [0, 0.1) is 0 Å². The molecule has 1 amide bonds. The number of β-amino-alcohol motifs (C(OH)–C–C–N with tert-alkyl or cyclic N) is 1. The first-order chi connectivity index (χ1) is 8.25. The van der Waals surface area contributed by atoms with Gasteiger partial charge in [0, 0.05) is 13.1 Å². The molecule has 2 rings (SSSR count). The minimum atomic E-state index is -0.368. The molecule has 1 N–H and O–H groups in total. The molecule has 1 aliphatic rings. The largest absolute Gasteiger partial charge is 0.391 e. The van der Waals surface area contributed by atoms with Crippen LogP contribution < -0.4 is 0 Å². The number of rotatable bonds is 4. The highest BCUT2D eigenvalue weighted by Crippen LogP contribution is 2.09. The van der Waals surface area contributed by atoms with Crippen LogP contribution in [0.2, 0.25) is 0 Å². The Labute approximate surface area is 101 Å². The van der Waals surface area contributed by atoms with Gasteiger partial charge < -0.3 is 14.7 Å². The highest BCUT2D eigenvalue weighted by molar-refractivity contribution is 5.77. The lowest BCUT2D eigenvalue weighted by atomic mass is 10.2. The summed E-state index contributed by atoms with van der Waals surface area (Å²) < 4.78 is 5.36. The van der Waals surface area contributed by atoms with Gasteiger partial charge in [0.25, 0.3) is 0 Å². The molecule has 1 atom stereocenters. The number of hydrogen-bond acceptors (Lipinski definition) is 3. The summed E-state index contributed by atoms with van der Waals surface area (Å²) in [4.78, 5) is 13.3. The Hall–Kier alpha value is -1.39. The van der Waals surface area contributed by atoms with Gasteiger partial charge in [-0.15, -0.1) is 0 Å². The summed E-state index contributed by atoms with van der Waals surface area (Å²) in [7, 11) is 0. The second kappa shape index (κ2) is 5.80. The third-order valence-electron chi connectivity index (χ3n) is 2.85. The van der Waals surface area contributed by atoms with Crippen molar-refractivity contribution >= 4 is 5.91 Å². The lowest BCUT2D eigenvalue weighted by Crippen LogP contribution is -2.32. The molecule has 0 saturated carbocycles. The van der Waals surface area contributed by atoms with Crippen molar-refractivity contribution in [1.82, 2.24) is 4.90 Å². The van der Waals surface area contributed by atoms with Gasteiger partial charge in [0.05, 0.1) is 12.7 Å². The molecule has 1 aromatic carbocycles. The maximum atomic E-state index is 11.7. The number of hydrogen-bond donors (Lipinski definition) is 1. The summed E-state index contributed by atoms with van der Waals surface area (Å²) in [5, 5.41) is 9.32. The average Bonchev–Trinajstić information content (AvgIpc) is 2.77. The summed E-state index contributed by atoms with van der Waals surface area (Å²) in [6, 6.07) is 9.75. The van der Waals surface area contributed by atoms with Crippen molar-refractivity contribution in [3.8, 4) is 0 Å². The molecule has 1 heterocycles. The number of carbonyl (C=O) groups excluding carboxylic acids is 1. The molecule has 1 saturated heterocycles. The van der Waals surface area contributed by atoms with Crippen LogP contribution in [0.4, 0.5) is 0 Å². The Kier molecular flexibility index (Phi) is 4.12. The number of nitrogens with zero attached hydrogens (tertiary/aromatic N) is 1. The van der Waals surface area contributed by atoms with Crippen molar-refractivity contribution < 1.29 is 14.6 Å². The molecule has 92 valence electrons. The van der Waals surface area contributed by atoms with E-state index >= 15 is 0 Å². The second-order valence-corrected chi connectivity index (χ2v) is 4.26. The van der Waals surface area contributed by atoms with Gasteiger partial charge in [0.15, 0.2) is 0 Å². The van der Waals surface area contributed by atoms with Crippen LogP contribution in [0.1, 0.15) is 12.0 Å². The van der Waals surface area contributed by atoms with E-state index in [-0.39, 0.29) is 18.6 Å². The molecular weight excluding hydrogens is 218 g/mol. The Morgan fingerprint density at radius 2 is 2.18 bits per heavy atom. The van der Waals surface area contributed by atoms with E-state index in [0.717, 1.165) is 5.56 Å². The first kappa shape index (κ1) is 12.1. The smallest absolute Gasteiger partial charge is 0.248 e. The molecule has 0 unspecified atom stereocenters. The van der Waals surface area contributed by atoms with Gasteiger partial charge in [-0.1, -0.05) is 30.3 Å². The van der Waals surface area contributed by atoms with E-state index in [4.69, 9.17) is 4.74 Å². The summed E-state index contributed by atoms with van der Waals surface area (Å²) in [5.74, 6) is -0.0440. The molecule has 1 aromatic rings. The topological polar surface area (TPSA) is 49.8 Å². The fourth-order valence-corrected chi connectivity index (χ4v) is 1.89. The van der Waals surface area contributed by atoms with Gasteiger partial charge in [0.2, 0.25) is 5.91 Å². The maximum Gasteiger partial charge on any atom is 0.248 e. The second-order valence-electron chi connectivity index (χ2n) is 4.26. The van der Waals surface area contributed by atoms with Gasteiger partial charge in [-0.3, -0.25) is 4.79 Å².